The zero-order valence-corrected chi connectivity index (χ0v) is 17.1. The predicted octanol–water partition coefficient (Wildman–Crippen LogP) is 3.12. The highest BCUT2D eigenvalue weighted by Gasteiger charge is 2.09. The minimum absolute atomic E-state index is 0.0173. The highest BCUT2D eigenvalue weighted by atomic mass is 16.5. The number of nitrogens with zero attached hydrogens (tertiary/aromatic N) is 6. The van der Waals surface area contributed by atoms with Crippen molar-refractivity contribution in [3.63, 3.8) is 0 Å². The molecule has 2 aromatic heterocycles. The van der Waals surface area contributed by atoms with Crippen LogP contribution in [0, 0.1) is 11.3 Å². The third-order valence-corrected chi connectivity index (χ3v) is 4.63. The van der Waals surface area contributed by atoms with Gasteiger partial charge >= 0.3 is 0 Å². The van der Waals surface area contributed by atoms with Crippen LogP contribution >= 0.6 is 0 Å². The summed E-state index contributed by atoms with van der Waals surface area (Å²) in [6.45, 7) is 2.74. The number of pyridine rings is 1. The number of hydrogen-bond donors (Lipinski definition) is 0. The maximum atomic E-state index is 11.3. The van der Waals surface area contributed by atoms with E-state index in [4.69, 9.17) is 4.74 Å². The van der Waals surface area contributed by atoms with Gasteiger partial charge in [0.05, 0.1) is 18.0 Å². The van der Waals surface area contributed by atoms with Gasteiger partial charge in [-0.25, -0.2) is 0 Å². The van der Waals surface area contributed by atoms with Gasteiger partial charge in [-0.1, -0.05) is 12.1 Å². The fourth-order valence-electron chi connectivity index (χ4n) is 2.70. The average molecular weight is 402 g/mol. The van der Waals surface area contributed by atoms with Gasteiger partial charge in [-0.2, -0.15) is 10.2 Å². The quantitative estimate of drug-likeness (QED) is 0.599. The summed E-state index contributed by atoms with van der Waals surface area (Å²) in [5.74, 6) is 1.64. The molecule has 8 heteroatoms. The van der Waals surface area contributed by atoms with Gasteiger partial charge in [0, 0.05) is 52.1 Å². The van der Waals surface area contributed by atoms with Crippen molar-refractivity contribution in [2.24, 2.45) is 0 Å². The smallest absolute Gasteiger partial charge is 0.239 e. The van der Waals surface area contributed by atoms with Crippen molar-refractivity contribution in [1.29, 1.82) is 5.26 Å². The van der Waals surface area contributed by atoms with Crippen LogP contribution in [0.25, 0.3) is 11.1 Å². The van der Waals surface area contributed by atoms with Crippen LogP contribution in [0.4, 0.5) is 5.82 Å². The number of ether oxygens (including phenoxy) is 1. The highest BCUT2D eigenvalue weighted by Crippen LogP contribution is 2.27. The van der Waals surface area contributed by atoms with Crippen LogP contribution in [0.15, 0.2) is 55.1 Å². The molecule has 0 bridgehead atoms. The minimum atomic E-state index is 0.0173. The van der Waals surface area contributed by atoms with E-state index in [9.17, 15) is 10.1 Å². The van der Waals surface area contributed by atoms with Crippen LogP contribution in [0.2, 0.25) is 0 Å². The SMILES string of the molecule is CC(=O)N(C)CCN(C)c1cncc(Oc2ccc(-c3ccncc3C#N)cc2)n1. The van der Waals surface area contributed by atoms with Gasteiger partial charge in [-0.05, 0) is 23.8 Å². The van der Waals surface area contributed by atoms with E-state index in [0.717, 1.165) is 11.1 Å². The molecule has 30 heavy (non-hydrogen) atoms. The van der Waals surface area contributed by atoms with Crippen LogP contribution in [0.5, 0.6) is 11.6 Å². The first kappa shape index (κ1) is 20.7. The second-order valence-electron chi connectivity index (χ2n) is 6.74. The number of nitriles is 1. The normalized spacial score (nSPS) is 10.2. The molecule has 3 aromatic rings. The number of hydrogen-bond acceptors (Lipinski definition) is 7. The van der Waals surface area contributed by atoms with E-state index < -0.39 is 0 Å². The van der Waals surface area contributed by atoms with E-state index in [1.807, 2.05) is 42.3 Å². The third kappa shape index (κ3) is 5.08. The topological polar surface area (TPSA) is 95.2 Å². The molecule has 3 rings (SSSR count). The maximum absolute atomic E-state index is 11.3. The van der Waals surface area contributed by atoms with Gasteiger partial charge in [0.15, 0.2) is 5.82 Å². The Morgan fingerprint density at radius 2 is 1.83 bits per heavy atom. The van der Waals surface area contributed by atoms with Crippen LogP contribution < -0.4 is 9.64 Å². The van der Waals surface area contributed by atoms with Crippen molar-refractivity contribution in [3.05, 3.63) is 60.7 Å². The Hall–Kier alpha value is -3.99. The van der Waals surface area contributed by atoms with Crippen LogP contribution in [-0.4, -0.2) is 52.9 Å². The number of likely N-dealkylation sites (N-methyl/N-ethyl adjacent to an activating group) is 2. The summed E-state index contributed by atoms with van der Waals surface area (Å²) in [6, 6.07) is 11.4. The molecule has 8 nitrogen and oxygen atoms in total. The molecule has 0 aliphatic carbocycles. The molecule has 0 saturated carbocycles. The van der Waals surface area contributed by atoms with Crippen molar-refractivity contribution in [3.8, 4) is 28.8 Å². The summed E-state index contributed by atoms with van der Waals surface area (Å²) in [5, 5.41) is 9.24. The Balaban J connectivity index is 1.69. The summed E-state index contributed by atoms with van der Waals surface area (Å²) >= 11 is 0. The molecule has 1 amide bonds. The summed E-state index contributed by atoms with van der Waals surface area (Å²) < 4.78 is 5.84. The number of amides is 1. The number of aromatic nitrogens is 3. The molecule has 0 radical (unpaired) electrons. The Labute approximate surface area is 175 Å². The van der Waals surface area contributed by atoms with E-state index in [2.05, 4.69) is 21.0 Å². The monoisotopic (exact) mass is 402 g/mol. The largest absolute Gasteiger partial charge is 0.437 e. The van der Waals surface area contributed by atoms with Gasteiger partial charge in [0.2, 0.25) is 11.8 Å². The highest BCUT2D eigenvalue weighted by molar-refractivity contribution is 5.72. The Morgan fingerprint density at radius 3 is 2.53 bits per heavy atom. The van der Waals surface area contributed by atoms with Crippen LogP contribution in [-0.2, 0) is 4.79 Å². The minimum Gasteiger partial charge on any atom is -0.437 e. The lowest BCUT2D eigenvalue weighted by atomic mass is 10.0. The molecule has 0 saturated heterocycles. The molecule has 0 unspecified atom stereocenters. The number of benzene rings is 1. The van der Waals surface area contributed by atoms with E-state index >= 15 is 0 Å². The Bertz CT molecular complexity index is 1060. The summed E-state index contributed by atoms with van der Waals surface area (Å²) in [6.07, 6.45) is 6.40. The fourth-order valence-corrected chi connectivity index (χ4v) is 2.70. The van der Waals surface area contributed by atoms with Crippen LogP contribution in [0.3, 0.4) is 0 Å². The molecule has 0 fully saturated rings. The molecule has 1 aromatic carbocycles. The van der Waals surface area contributed by atoms with Gasteiger partial charge in [-0.3, -0.25) is 14.8 Å². The summed E-state index contributed by atoms with van der Waals surface area (Å²) in [5.41, 5.74) is 2.23. The molecule has 0 spiro atoms. The van der Waals surface area contributed by atoms with Gasteiger partial charge in [0.1, 0.15) is 11.8 Å². The van der Waals surface area contributed by atoms with Crippen molar-refractivity contribution >= 4 is 11.7 Å². The molecule has 2 heterocycles. The molecule has 152 valence electrons. The van der Waals surface area contributed by atoms with Gasteiger partial charge in [-0.15, -0.1) is 0 Å². The number of anilines is 1. The van der Waals surface area contributed by atoms with Gasteiger partial charge < -0.3 is 14.5 Å². The molecule has 0 aliphatic heterocycles. The molecular formula is C22H22N6O2. The van der Waals surface area contributed by atoms with E-state index in [-0.39, 0.29) is 5.91 Å². The number of carbonyl (C=O) groups is 1. The lowest BCUT2D eigenvalue weighted by molar-refractivity contribution is -0.127. The van der Waals surface area contributed by atoms with Gasteiger partial charge in [0.25, 0.3) is 0 Å². The van der Waals surface area contributed by atoms with Crippen molar-refractivity contribution in [1.82, 2.24) is 19.9 Å². The molecule has 0 N–H and O–H groups in total. The lowest BCUT2D eigenvalue weighted by Crippen LogP contribution is -2.33. The standard InChI is InChI=1S/C22H22N6O2/c1-16(29)27(2)10-11-28(3)21-14-25-15-22(26-21)30-19-6-4-17(5-7-19)20-8-9-24-13-18(20)12-23/h4-9,13-15H,10-11H2,1-3H3. The van der Waals surface area contributed by atoms with Crippen LogP contribution in [0.1, 0.15) is 12.5 Å². The summed E-state index contributed by atoms with van der Waals surface area (Å²) in [4.78, 5) is 27.6. The van der Waals surface area contributed by atoms with Crippen molar-refractivity contribution in [2.75, 3.05) is 32.1 Å². The Morgan fingerprint density at radius 1 is 1.07 bits per heavy atom. The number of rotatable bonds is 7. The predicted molar refractivity (Wildman–Crippen MR) is 113 cm³/mol. The fraction of sp³-hybridized carbons (Fsp3) is 0.227. The summed E-state index contributed by atoms with van der Waals surface area (Å²) in [7, 11) is 3.65. The molecular weight excluding hydrogens is 380 g/mol. The second-order valence-corrected chi connectivity index (χ2v) is 6.74. The second kappa shape index (κ2) is 9.47. The van der Waals surface area contributed by atoms with E-state index in [0.29, 0.717) is 36.1 Å². The molecule has 0 atom stereocenters. The maximum Gasteiger partial charge on any atom is 0.239 e. The van der Waals surface area contributed by atoms with Crippen molar-refractivity contribution < 1.29 is 9.53 Å². The third-order valence-electron chi connectivity index (χ3n) is 4.63. The zero-order valence-electron chi connectivity index (χ0n) is 17.1. The first-order chi connectivity index (χ1) is 14.5. The first-order valence-corrected chi connectivity index (χ1v) is 9.35. The van der Waals surface area contributed by atoms with E-state index in [1.165, 1.54) is 6.92 Å². The number of carbonyl (C=O) groups excluding carboxylic acids is 1. The average Bonchev–Trinajstić information content (AvgIpc) is 2.77. The zero-order chi connectivity index (χ0) is 21.5. The first-order valence-electron chi connectivity index (χ1n) is 9.35. The molecule has 0 aliphatic rings. The van der Waals surface area contributed by atoms with Crippen molar-refractivity contribution in [2.45, 2.75) is 6.92 Å². The van der Waals surface area contributed by atoms with E-state index in [1.54, 1.807) is 36.7 Å². The Kier molecular flexibility index (Phi) is 6.55. The lowest BCUT2D eigenvalue weighted by Gasteiger charge is -2.22.